The average molecular weight is 226 g/mol. The van der Waals surface area contributed by atoms with Crippen molar-refractivity contribution in [2.75, 3.05) is 32.8 Å². The summed E-state index contributed by atoms with van der Waals surface area (Å²) in [5.41, 5.74) is 12.3. The van der Waals surface area contributed by atoms with Crippen LogP contribution in [0.5, 0.6) is 0 Å². The van der Waals surface area contributed by atoms with Gasteiger partial charge in [0.05, 0.1) is 31.2 Å². The van der Waals surface area contributed by atoms with E-state index in [1.54, 1.807) is 0 Å². The molecular weight excluding hydrogens is 204 g/mol. The molecule has 0 aromatic heterocycles. The molecule has 1 rings (SSSR count). The molecule has 0 unspecified atom stereocenters. The van der Waals surface area contributed by atoms with Gasteiger partial charge in [0.15, 0.2) is 0 Å². The maximum atomic E-state index is 5.63. The quantitative estimate of drug-likeness (QED) is 0.658. The minimum Gasteiger partial charge on any atom is -0.403 e. The van der Waals surface area contributed by atoms with Gasteiger partial charge in [0.2, 0.25) is 0 Å². The van der Waals surface area contributed by atoms with Crippen molar-refractivity contribution in [3.8, 4) is 0 Å². The largest absolute Gasteiger partial charge is 0.403 e. The van der Waals surface area contributed by atoms with Crippen molar-refractivity contribution >= 4 is 5.71 Å². The first kappa shape index (κ1) is 13.0. The minimum atomic E-state index is 0.478. The smallest absolute Gasteiger partial charge is 0.0682 e. The molecule has 0 bridgehead atoms. The lowest BCUT2D eigenvalue weighted by atomic mass is 10.2. The van der Waals surface area contributed by atoms with Crippen molar-refractivity contribution in [1.29, 1.82) is 0 Å². The highest BCUT2D eigenvalue weighted by atomic mass is 16.5. The summed E-state index contributed by atoms with van der Waals surface area (Å²) in [6, 6.07) is 0.478. The van der Waals surface area contributed by atoms with Crippen molar-refractivity contribution < 1.29 is 4.74 Å². The van der Waals surface area contributed by atoms with Gasteiger partial charge < -0.3 is 16.2 Å². The molecule has 1 atom stereocenters. The van der Waals surface area contributed by atoms with Crippen molar-refractivity contribution in [2.24, 2.45) is 16.5 Å². The highest BCUT2D eigenvalue weighted by molar-refractivity contribution is 5.97. The van der Waals surface area contributed by atoms with E-state index in [0.717, 1.165) is 38.6 Å². The van der Waals surface area contributed by atoms with Crippen LogP contribution in [0.25, 0.3) is 0 Å². The highest BCUT2D eigenvalue weighted by Crippen LogP contribution is 2.05. The maximum Gasteiger partial charge on any atom is 0.0682 e. The predicted molar refractivity (Wildman–Crippen MR) is 66.3 cm³/mol. The standard InChI is InChI=1S/C11H22N4O/c1-9-8-16-6-5-15(9)4-3-14-10(2)11(13)7-12/h7,9H,3-6,8,12-13H2,1-2H3/t9-/m0/s1. The summed E-state index contributed by atoms with van der Waals surface area (Å²) in [7, 11) is 0. The van der Waals surface area contributed by atoms with Gasteiger partial charge in [-0.05, 0) is 13.8 Å². The third-order valence-corrected chi connectivity index (χ3v) is 2.84. The van der Waals surface area contributed by atoms with Crippen LogP contribution in [0.15, 0.2) is 16.9 Å². The molecule has 0 aromatic rings. The van der Waals surface area contributed by atoms with Crippen LogP contribution in [0, 0.1) is 0 Å². The van der Waals surface area contributed by atoms with Crippen LogP contribution >= 0.6 is 0 Å². The molecule has 4 N–H and O–H groups in total. The van der Waals surface area contributed by atoms with Crippen LogP contribution < -0.4 is 11.5 Å². The van der Waals surface area contributed by atoms with Gasteiger partial charge in [0.25, 0.3) is 0 Å². The molecule has 1 fully saturated rings. The summed E-state index contributed by atoms with van der Waals surface area (Å²) in [4.78, 5) is 6.76. The van der Waals surface area contributed by atoms with E-state index < -0.39 is 0 Å². The number of ether oxygens (including phenoxy) is 1. The molecule has 5 nitrogen and oxygen atoms in total. The summed E-state index contributed by atoms with van der Waals surface area (Å²) in [5, 5.41) is 0. The van der Waals surface area contributed by atoms with Crippen LogP contribution in [0.4, 0.5) is 0 Å². The van der Waals surface area contributed by atoms with Crippen LogP contribution in [-0.4, -0.2) is 49.5 Å². The Morgan fingerprint density at radius 3 is 3.00 bits per heavy atom. The lowest BCUT2D eigenvalue weighted by molar-refractivity contribution is 0.00142. The molecule has 0 aliphatic carbocycles. The minimum absolute atomic E-state index is 0.478. The van der Waals surface area contributed by atoms with Gasteiger partial charge in [0, 0.05) is 25.3 Å². The van der Waals surface area contributed by atoms with Crippen LogP contribution in [0.1, 0.15) is 13.8 Å². The molecule has 92 valence electrons. The van der Waals surface area contributed by atoms with Crippen molar-refractivity contribution in [2.45, 2.75) is 19.9 Å². The SMILES string of the molecule is CC(=NCCN1CCOC[C@@H]1C)C(N)=CN. The Bertz CT molecular complexity index is 275. The van der Waals surface area contributed by atoms with Gasteiger partial charge in [-0.3, -0.25) is 9.89 Å². The Morgan fingerprint density at radius 1 is 1.62 bits per heavy atom. The maximum absolute atomic E-state index is 5.63. The van der Waals surface area contributed by atoms with Crippen LogP contribution in [0.2, 0.25) is 0 Å². The van der Waals surface area contributed by atoms with Crippen LogP contribution in [-0.2, 0) is 4.74 Å². The van der Waals surface area contributed by atoms with E-state index in [-0.39, 0.29) is 0 Å². The molecule has 1 aliphatic heterocycles. The second-order valence-electron chi connectivity index (χ2n) is 4.05. The molecule has 1 aliphatic rings. The number of nitrogens with zero attached hydrogens (tertiary/aromatic N) is 2. The molecular formula is C11H22N4O. The summed E-state index contributed by atoms with van der Waals surface area (Å²) in [6.07, 6.45) is 1.39. The van der Waals surface area contributed by atoms with Gasteiger partial charge in [-0.25, -0.2) is 0 Å². The molecule has 0 radical (unpaired) electrons. The molecule has 0 spiro atoms. The number of hydrogen-bond acceptors (Lipinski definition) is 5. The van der Waals surface area contributed by atoms with E-state index in [2.05, 4.69) is 16.8 Å². The Kier molecular flexibility index (Phi) is 5.28. The second kappa shape index (κ2) is 6.50. The van der Waals surface area contributed by atoms with Gasteiger partial charge >= 0.3 is 0 Å². The zero-order valence-corrected chi connectivity index (χ0v) is 10.1. The molecule has 0 aromatic carbocycles. The first-order chi connectivity index (χ1) is 7.65. The normalized spacial score (nSPS) is 24.8. The first-order valence-corrected chi connectivity index (χ1v) is 5.65. The zero-order chi connectivity index (χ0) is 12.0. The Morgan fingerprint density at radius 2 is 2.38 bits per heavy atom. The van der Waals surface area contributed by atoms with Crippen molar-refractivity contribution in [3.63, 3.8) is 0 Å². The first-order valence-electron chi connectivity index (χ1n) is 5.65. The number of nitrogens with two attached hydrogens (primary N) is 2. The van der Waals surface area contributed by atoms with E-state index in [0.29, 0.717) is 11.7 Å². The van der Waals surface area contributed by atoms with Crippen molar-refractivity contribution in [3.05, 3.63) is 11.9 Å². The van der Waals surface area contributed by atoms with E-state index in [1.165, 1.54) is 6.20 Å². The molecule has 0 amide bonds. The van der Waals surface area contributed by atoms with Crippen molar-refractivity contribution in [1.82, 2.24) is 4.90 Å². The fraction of sp³-hybridized carbons (Fsp3) is 0.727. The fourth-order valence-corrected chi connectivity index (χ4v) is 1.65. The topological polar surface area (TPSA) is 76.9 Å². The number of aliphatic imine (C=N–C) groups is 1. The van der Waals surface area contributed by atoms with E-state index in [1.807, 2.05) is 6.92 Å². The average Bonchev–Trinajstić information content (AvgIpc) is 2.30. The molecule has 0 saturated carbocycles. The molecule has 1 heterocycles. The zero-order valence-electron chi connectivity index (χ0n) is 10.1. The van der Waals surface area contributed by atoms with E-state index in [4.69, 9.17) is 16.2 Å². The van der Waals surface area contributed by atoms with Gasteiger partial charge in [-0.1, -0.05) is 0 Å². The van der Waals surface area contributed by atoms with Gasteiger partial charge in [0.1, 0.15) is 0 Å². The summed E-state index contributed by atoms with van der Waals surface area (Å²) < 4.78 is 5.37. The third kappa shape index (κ3) is 3.83. The summed E-state index contributed by atoms with van der Waals surface area (Å²) in [6.45, 7) is 8.36. The Balaban J connectivity index is 2.34. The number of hydrogen-bond donors (Lipinski definition) is 2. The number of rotatable bonds is 4. The molecule has 1 saturated heterocycles. The van der Waals surface area contributed by atoms with E-state index >= 15 is 0 Å². The summed E-state index contributed by atoms with van der Waals surface area (Å²) in [5.74, 6) is 0. The fourth-order valence-electron chi connectivity index (χ4n) is 1.65. The highest BCUT2D eigenvalue weighted by Gasteiger charge is 2.17. The lowest BCUT2D eigenvalue weighted by Crippen LogP contribution is -2.44. The second-order valence-corrected chi connectivity index (χ2v) is 4.05. The molecule has 5 heteroatoms. The number of allylic oxidation sites excluding steroid dienone is 1. The monoisotopic (exact) mass is 226 g/mol. The van der Waals surface area contributed by atoms with Crippen LogP contribution in [0.3, 0.4) is 0 Å². The van der Waals surface area contributed by atoms with E-state index in [9.17, 15) is 0 Å². The Labute approximate surface area is 97.1 Å². The Hall–Kier alpha value is -1.07. The number of morpholine rings is 1. The lowest BCUT2D eigenvalue weighted by Gasteiger charge is -2.32. The van der Waals surface area contributed by atoms with Gasteiger partial charge in [-0.2, -0.15) is 0 Å². The summed E-state index contributed by atoms with van der Waals surface area (Å²) >= 11 is 0. The third-order valence-electron chi connectivity index (χ3n) is 2.84. The van der Waals surface area contributed by atoms with Gasteiger partial charge in [-0.15, -0.1) is 0 Å². The predicted octanol–water partition coefficient (Wildman–Crippen LogP) is -0.0732. The molecule has 16 heavy (non-hydrogen) atoms.